The fourth-order valence-corrected chi connectivity index (χ4v) is 3.51. The van der Waals surface area contributed by atoms with E-state index >= 15 is 0 Å². The highest BCUT2D eigenvalue weighted by molar-refractivity contribution is 5.77. The van der Waals surface area contributed by atoms with Crippen molar-refractivity contribution in [3.8, 4) is 0 Å². The van der Waals surface area contributed by atoms with Crippen molar-refractivity contribution in [2.45, 2.75) is 13.1 Å². The van der Waals surface area contributed by atoms with Crippen LogP contribution in [0.4, 0.5) is 0 Å². The van der Waals surface area contributed by atoms with Crippen molar-refractivity contribution in [2.24, 2.45) is 0 Å². The Bertz CT molecular complexity index is 1040. The van der Waals surface area contributed by atoms with Crippen molar-refractivity contribution < 1.29 is 86.2 Å². The van der Waals surface area contributed by atoms with Gasteiger partial charge in [0.1, 0.15) is 26.4 Å². The zero-order chi connectivity index (χ0) is 40.6. The third-order valence-electron chi connectivity index (χ3n) is 6.09. The maximum atomic E-state index is 12.0. The van der Waals surface area contributed by atoms with Gasteiger partial charge in [0.2, 0.25) is 11.8 Å². The summed E-state index contributed by atoms with van der Waals surface area (Å²) >= 11 is 0. The summed E-state index contributed by atoms with van der Waals surface area (Å²) in [4.78, 5) is 44.6. The molecule has 2 amide bonds. The molecule has 4 N–H and O–H groups in total. The zero-order valence-electron chi connectivity index (χ0n) is 31.6. The lowest BCUT2D eigenvalue weighted by Crippen LogP contribution is -2.30. The molecule has 0 aliphatic heterocycles. The van der Waals surface area contributed by atoms with Crippen molar-refractivity contribution in [1.82, 2.24) is 31.0 Å². The van der Waals surface area contributed by atoms with Gasteiger partial charge in [0.05, 0.1) is 145 Å². The van der Waals surface area contributed by atoms with Gasteiger partial charge in [-0.15, -0.1) is 20.4 Å². The summed E-state index contributed by atoms with van der Waals surface area (Å²) in [6.07, 6.45) is 0. The molecule has 0 saturated heterocycles. The van der Waals surface area contributed by atoms with E-state index in [1.807, 2.05) is 0 Å². The Labute approximate surface area is 324 Å². The van der Waals surface area contributed by atoms with E-state index in [2.05, 4.69) is 31.0 Å². The Morgan fingerprint density at radius 3 is 0.750 bits per heavy atom. The number of carboxylic acids is 2. The summed E-state index contributed by atoms with van der Waals surface area (Å²) in [7, 11) is 0. The molecule has 0 aliphatic rings. The highest BCUT2D eigenvalue weighted by Gasteiger charge is 2.08. The lowest BCUT2D eigenvalue weighted by atomic mass is 10.5. The molecule has 0 fully saturated rings. The number of aliphatic carboxylic acids is 2. The van der Waals surface area contributed by atoms with E-state index in [0.29, 0.717) is 92.5 Å². The quantitative estimate of drug-likeness (QED) is 0.0475. The molecule has 0 bridgehead atoms. The molecule has 1 aromatic rings. The predicted molar refractivity (Wildman–Crippen MR) is 186 cm³/mol. The minimum Gasteiger partial charge on any atom is -0.480 e. The van der Waals surface area contributed by atoms with Gasteiger partial charge in [-0.05, 0) is 0 Å². The van der Waals surface area contributed by atoms with Crippen LogP contribution in [-0.2, 0) is 89.1 Å². The van der Waals surface area contributed by atoms with E-state index < -0.39 is 11.9 Å². The largest absolute Gasteiger partial charge is 0.480 e. The fraction of sp³-hybridized carbons (Fsp3) is 0.812. The first-order valence-electron chi connectivity index (χ1n) is 17.8. The van der Waals surface area contributed by atoms with Crippen LogP contribution in [0.3, 0.4) is 0 Å². The number of carbonyl (C=O) groups excluding carboxylic acids is 2. The van der Waals surface area contributed by atoms with E-state index in [4.69, 9.17) is 67.1 Å². The standard InChI is InChI=1S/C32H56N6O18/c39-29(23-53-17-13-49-9-5-45-1-3-47-7-11-51-15-19-55-25-31(41)42)33-21-27-35-37-28(38-36-27)22-34-30(40)24-54-18-14-50-10-6-46-2-4-48-8-12-52-16-20-56-26-32(43)44/h1-26H2,(H,33,39)(H,34,40)(H,41,42)(H,43,44). The van der Waals surface area contributed by atoms with Crippen LogP contribution in [0, 0.1) is 0 Å². The van der Waals surface area contributed by atoms with Crippen molar-refractivity contribution in [1.29, 1.82) is 0 Å². The van der Waals surface area contributed by atoms with Gasteiger partial charge in [0.25, 0.3) is 0 Å². The Morgan fingerprint density at radius 2 is 0.536 bits per heavy atom. The van der Waals surface area contributed by atoms with E-state index in [9.17, 15) is 19.2 Å². The van der Waals surface area contributed by atoms with Gasteiger partial charge < -0.3 is 77.7 Å². The summed E-state index contributed by atoms with van der Waals surface area (Å²) in [5.74, 6) is -2.45. The molecule has 1 rings (SSSR count). The summed E-state index contributed by atoms with van der Waals surface area (Å²) < 4.78 is 62.9. The molecule has 24 heteroatoms. The summed E-state index contributed by atoms with van der Waals surface area (Å²) in [6.45, 7) is 5.40. The van der Waals surface area contributed by atoms with E-state index in [0.717, 1.165) is 0 Å². The lowest BCUT2D eigenvalue weighted by molar-refractivity contribution is -0.143. The maximum absolute atomic E-state index is 12.0. The summed E-state index contributed by atoms with van der Waals surface area (Å²) in [6, 6.07) is 0. The molecular weight excluding hydrogens is 756 g/mol. The fourth-order valence-electron chi connectivity index (χ4n) is 3.51. The first kappa shape index (κ1) is 50.4. The molecule has 0 unspecified atom stereocenters. The molecule has 322 valence electrons. The summed E-state index contributed by atoms with van der Waals surface area (Å²) in [5.41, 5.74) is 0. The summed E-state index contributed by atoms with van der Waals surface area (Å²) in [5, 5.41) is 37.6. The number of rotatable bonds is 42. The molecule has 56 heavy (non-hydrogen) atoms. The van der Waals surface area contributed by atoms with Gasteiger partial charge in [-0.25, -0.2) is 9.59 Å². The van der Waals surface area contributed by atoms with Crippen LogP contribution in [0.25, 0.3) is 0 Å². The molecule has 0 aliphatic carbocycles. The minimum absolute atomic E-state index is 0.00700. The van der Waals surface area contributed by atoms with Crippen molar-refractivity contribution >= 4 is 23.8 Å². The van der Waals surface area contributed by atoms with Gasteiger partial charge in [0, 0.05) is 0 Å². The maximum Gasteiger partial charge on any atom is 0.329 e. The first-order chi connectivity index (χ1) is 27.4. The number of ether oxygens (including phenoxy) is 12. The van der Waals surface area contributed by atoms with Crippen LogP contribution >= 0.6 is 0 Å². The van der Waals surface area contributed by atoms with E-state index in [1.54, 1.807) is 0 Å². The second-order valence-corrected chi connectivity index (χ2v) is 10.7. The number of carbonyl (C=O) groups is 4. The monoisotopic (exact) mass is 812 g/mol. The molecule has 24 nitrogen and oxygen atoms in total. The van der Waals surface area contributed by atoms with Crippen LogP contribution in [0.2, 0.25) is 0 Å². The third-order valence-corrected chi connectivity index (χ3v) is 6.09. The van der Waals surface area contributed by atoms with Crippen LogP contribution in [0.15, 0.2) is 0 Å². The first-order valence-corrected chi connectivity index (χ1v) is 17.8. The van der Waals surface area contributed by atoms with Gasteiger partial charge in [-0.1, -0.05) is 0 Å². The molecule has 1 aromatic heterocycles. The van der Waals surface area contributed by atoms with Crippen molar-refractivity contribution in [2.75, 3.05) is 159 Å². The number of hydrogen-bond donors (Lipinski definition) is 4. The van der Waals surface area contributed by atoms with Crippen LogP contribution in [0.5, 0.6) is 0 Å². The highest BCUT2D eigenvalue weighted by Crippen LogP contribution is 1.90. The number of carboxylic acid groups (broad SMARTS) is 2. The SMILES string of the molecule is O=C(O)COCCOCCOCCOCCOCCOCC(=O)NCc1nnc(CNC(=O)COCCOCCOCCOCCOCCOCC(=O)O)nn1. The molecule has 0 aromatic carbocycles. The Kier molecular flexibility index (Phi) is 34.4. The smallest absolute Gasteiger partial charge is 0.329 e. The van der Waals surface area contributed by atoms with Gasteiger partial charge in [-0.2, -0.15) is 0 Å². The molecule has 0 spiro atoms. The van der Waals surface area contributed by atoms with E-state index in [1.165, 1.54) is 0 Å². The van der Waals surface area contributed by atoms with Gasteiger partial charge in [0.15, 0.2) is 11.6 Å². The Hall–Kier alpha value is -3.66. The lowest BCUT2D eigenvalue weighted by Gasteiger charge is -2.08. The van der Waals surface area contributed by atoms with Gasteiger partial charge >= 0.3 is 11.9 Å². The van der Waals surface area contributed by atoms with Crippen LogP contribution < -0.4 is 10.6 Å². The Balaban J connectivity index is 1.86. The highest BCUT2D eigenvalue weighted by atomic mass is 16.6. The van der Waals surface area contributed by atoms with Crippen molar-refractivity contribution in [3.63, 3.8) is 0 Å². The zero-order valence-corrected chi connectivity index (χ0v) is 31.6. The normalized spacial score (nSPS) is 11.1. The second kappa shape index (κ2) is 38.2. The predicted octanol–water partition coefficient (Wildman–Crippen LogP) is -3.13. The molecule has 0 saturated carbocycles. The molecule has 1 heterocycles. The number of nitrogens with one attached hydrogen (secondary N) is 2. The molecule has 0 radical (unpaired) electrons. The average Bonchev–Trinajstić information content (AvgIpc) is 3.18. The van der Waals surface area contributed by atoms with Gasteiger partial charge in [-0.3, -0.25) is 9.59 Å². The topological polar surface area (TPSA) is 295 Å². The minimum atomic E-state index is -1.02. The third kappa shape index (κ3) is 36.0. The van der Waals surface area contributed by atoms with Crippen LogP contribution in [0.1, 0.15) is 11.6 Å². The molecule has 0 atom stereocenters. The second-order valence-electron chi connectivity index (χ2n) is 10.7. The van der Waals surface area contributed by atoms with E-state index in [-0.39, 0.29) is 103 Å². The number of amides is 2. The number of nitrogens with zero attached hydrogens (tertiary/aromatic N) is 4. The van der Waals surface area contributed by atoms with Crippen LogP contribution in [-0.4, -0.2) is 213 Å². The Morgan fingerprint density at radius 1 is 0.339 bits per heavy atom. The van der Waals surface area contributed by atoms with Crippen molar-refractivity contribution in [3.05, 3.63) is 11.6 Å². The average molecular weight is 813 g/mol. The molecular formula is C32H56N6O18. The number of hydrogen-bond acceptors (Lipinski definition) is 20. The number of aromatic nitrogens is 4.